The van der Waals surface area contributed by atoms with Crippen LogP contribution in [0.4, 0.5) is 0 Å². The molecule has 4 heterocycles. The number of aromatic nitrogens is 3. The molecule has 1 fully saturated rings. The van der Waals surface area contributed by atoms with Crippen molar-refractivity contribution in [2.24, 2.45) is 0 Å². The van der Waals surface area contributed by atoms with Crippen LogP contribution >= 0.6 is 11.3 Å². The number of carboxylic acids is 2. The third kappa shape index (κ3) is 6.91. The standard InChI is InChI=1S/C24H25N5O3S2.C4H4O4/c1-3-22(29-10-8-28(2)9-11-29)34(31,32)17-5-7-20(25-13-17)23-18-12-16(21-14-33-15-26-21)4-6-19(18)27-24(23)30;5-3(6)1-2-4(7)8/h3-7,12-15,22,27,30H,1,8-11H2,2H3;1-2H,(H,5,6)(H,7,8)/b;2-1+. The number of nitrogens with one attached hydrogen (secondary N) is 1. The SMILES string of the molecule is C=CC(N1CCN(C)CC1)S(=O)(=O)c1ccc(-c2c(O)[nH]c3ccc(-c4cscn4)cc23)nc1.O=C(O)/C=C/C(=O)O. The maximum atomic E-state index is 13.4. The number of hydrogen-bond donors (Lipinski definition) is 4. The number of rotatable bonds is 8. The molecule has 1 aliphatic rings. The fraction of sp³-hybridized carbons (Fsp3) is 0.214. The molecule has 4 N–H and O–H groups in total. The number of aromatic hydroxyl groups is 1. The Balaban J connectivity index is 0.000000446. The van der Waals surface area contributed by atoms with E-state index in [4.69, 9.17) is 10.2 Å². The van der Waals surface area contributed by atoms with Gasteiger partial charge in [-0.25, -0.2) is 23.0 Å². The van der Waals surface area contributed by atoms with Gasteiger partial charge in [0.05, 0.1) is 27.4 Å². The molecule has 1 atom stereocenters. The zero-order valence-electron chi connectivity index (χ0n) is 22.5. The van der Waals surface area contributed by atoms with E-state index in [1.54, 1.807) is 17.6 Å². The van der Waals surface area contributed by atoms with Crippen LogP contribution in [0.3, 0.4) is 0 Å². The Kier molecular flexibility index (Phi) is 9.52. The summed E-state index contributed by atoms with van der Waals surface area (Å²) in [4.78, 5) is 35.1. The second-order valence-corrected chi connectivity index (χ2v) is 12.1. The zero-order chi connectivity index (χ0) is 30.4. The van der Waals surface area contributed by atoms with E-state index in [1.807, 2.05) is 35.5 Å². The minimum absolute atomic E-state index is 0.0186. The Hall–Kier alpha value is -4.37. The number of carboxylic acid groups (broad SMARTS) is 2. The summed E-state index contributed by atoms with van der Waals surface area (Å²) in [5.41, 5.74) is 5.31. The van der Waals surface area contributed by atoms with Crippen molar-refractivity contribution in [2.75, 3.05) is 33.2 Å². The molecule has 0 spiro atoms. The normalized spacial score (nSPS) is 15.3. The lowest BCUT2D eigenvalue weighted by molar-refractivity contribution is -0.134. The Labute approximate surface area is 245 Å². The summed E-state index contributed by atoms with van der Waals surface area (Å²) in [6, 6.07) is 8.95. The first-order valence-corrected chi connectivity index (χ1v) is 15.1. The quantitative estimate of drug-likeness (QED) is 0.170. The molecule has 0 aliphatic carbocycles. The molecule has 0 amide bonds. The molecule has 220 valence electrons. The number of likely N-dealkylation sites (N-methyl/N-ethyl adjacent to an activating group) is 1. The summed E-state index contributed by atoms with van der Waals surface area (Å²) in [7, 11) is -1.67. The molecule has 42 heavy (non-hydrogen) atoms. The van der Waals surface area contributed by atoms with E-state index in [2.05, 4.69) is 26.4 Å². The number of hydrogen-bond acceptors (Lipinski definition) is 10. The highest BCUT2D eigenvalue weighted by molar-refractivity contribution is 7.92. The highest BCUT2D eigenvalue weighted by Crippen LogP contribution is 2.38. The first-order chi connectivity index (χ1) is 20.0. The Bertz CT molecular complexity index is 1690. The fourth-order valence-corrected chi connectivity index (χ4v) is 6.63. The number of thiazole rings is 1. The van der Waals surface area contributed by atoms with Gasteiger partial charge in [0.25, 0.3) is 0 Å². The summed E-state index contributed by atoms with van der Waals surface area (Å²) in [5.74, 6) is -2.53. The van der Waals surface area contributed by atoms with Crippen molar-refractivity contribution in [3.05, 3.63) is 72.2 Å². The maximum Gasteiger partial charge on any atom is 0.328 e. The molecule has 0 radical (unpaired) electrons. The molecule has 14 heteroatoms. The van der Waals surface area contributed by atoms with Crippen LogP contribution in [0.25, 0.3) is 33.4 Å². The summed E-state index contributed by atoms with van der Waals surface area (Å²) in [6.45, 7) is 6.70. The van der Waals surface area contributed by atoms with E-state index < -0.39 is 27.1 Å². The number of nitrogens with zero attached hydrogens (tertiary/aromatic N) is 4. The molecule has 3 aromatic heterocycles. The number of fused-ring (bicyclic) bond motifs is 1. The van der Waals surface area contributed by atoms with Gasteiger partial charge >= 0.3 is 11.9 Å². The van der Waals surface area contributed by atoms with Crippen LogP contribution in [0.1, 0.15) is 0 Å². The van der Waals surface area contributed by atoms with Gasteiger partial charge in [0, 0.05) is 66.4 Å². The number of pyridine rings is 1. The summed E-state index contributed by atoms with van der Waals surface area (Å²) in [5, 5.41) is 28.2. The Morgan fingerprint density at radius 1 is 1.05 bits per heavy atom. The monoisotopic (exact) mass is 611 g/mol. The highest BCUT2D eigenvalue weighted by atomic mass is 32.2. The number of aromatic amines is 1. The van der Waals surface area contributed by atoms with E-state index >= 15 is 0 Å². The molecule has 1 unspecified atom stereocenters. The first-order valence-electron chi connectivity index (χ1n) is 12.6. The van der Waals surface area contributed by atoms with Crippen molar-refractivity contribution >= 4 is 44.0 Å². The second-order valence-electron chi connectivity index (χ2n) is 9.38. The lowest BCUT2D eigenvalue weighted by Gasteiger charge is -2.36. The number of carbonyl (C=O) groups is 2. The van der Waals surface area contributed by atoms with Gasteiger partial charge in [-0.05, 0) is 31.3 Å². The molecular weight excluding hydrogens is 582 g/mol. The number of piperazine rings is 1. The van der Waals surface area contributed by atoms with Gasteiger partial charge in [-0.3, -0.25) is 9.88 Å². The van der Waals surface area contributed by atoms with Crippen LogP contribution in [0.5, 0.6) is 5.88 Å². The van der Waals surface area contributed by atoms with Crippen LogP contribution < -0.4 is 0 Å². The number of benzene rings is 1. The average Bonchev–Trinajstić information content (AvgIpc) is 3.61. The Morgan fingerprint density at radius 2 is 1.74 bits per heavy atom. The van der Waals surface area contributed by atoms with Crippen LogP contribution in [-0.4, -0.2) is 99.0 Å². The first kappa shape index (κ1) is 30.6. The van der Waals surface area contributed by atoms with Gasteiger partial charge in [-0.1, -0.05) is 12.1 Å². The van der Waals surface area contributed by atoms with Gasteiger partial charge in [0.15, 0.2) is 15.7 Å². The highest BCUT2D eigenvalue weighted by Gasteiger charge is 2.32. The van der Waals surface area contributed by atoms with Gasteiger partial charge in [0.2, 0.25) is 0 Å². The molecule has 1 aromatic carbocycles. The molecule has 0 bridgehead atoms. The molecular formula is C28H29N5O7S2. The number of H-pyrrole nitrogens is 1. The predicted octanol–water partition coefficient (Wildman–Crippen LogP) is 3.30. The van der Waals surface area contributed by atoms with Crippen molar-refractivity contribution in [3.8, 4) is 28.4 Å². The van der Waals surface area contributed by atoms with Crippen molar-refractivity contribution in [3.63, 3.8) is 0 Å². The topological polar surface area (TPSA) is 177 Å². The largest absolute Gasteiger partial charge is 0.494 e. The summed E-state index contributed by atoms with van der Waals surface area (Å²) in [6.07, 6.45) is 3.96. The van der Waals surface area contributed by atoms with E-state index in [1.165, 1.54) is 23.6 Å². The van der Waals surface area contributed by atoms with E-state index in [0.717, 1.165) is 35.2 Å². The maximum absolute atomic E-state index is 13.4. The second kappa shape index (κ2) is 13.1. The fourth-order valence-electron chi connectivity index (χ4n) is 4.48. The van der Waals surface area contributed by atoms with E-state index in [-0.39, 0.29) is 10.8 Å². The molecule has 0 saturated carbocycles. The third-order valence-electron chi connectivity index (χ3n) is 6.61. The summed E-state index contributed by atoms with van der Waals surface area (Å²) >= 11 is 1.51. The molecule has 1 saturated heterocycles. The number of aliphatic carboxylic acids is 2. The lowest BCUT2D eigenvalue weighted by Crippen LogP contribution is -2.50. The lowest BCUT2D eigenvalue weighted by atomic mass is 10.1. The van der Waals surface area contributed by atoms with Crippen molar-refractivity contribution in [2.45, 2.75) is 10.3 Å². The van der Waals surface area contributed by atoms with Gasteiger partial charge in [-0.2, -0.15) is 0 Å². The van der Waals surface area contributed by atoms with Gasteiger partial charge < -0.3 is 25.2 Å². The molecule has 1 aliphatic heterocycles. The summed E-state index contributed by atoms with van der Waals surface area (Å²) < 4.78 is 26.7. The zero-order valence-corrected chi connectivity index (χ0v) is 24.2. The minimum Gasteiger partial charge on any atom is -0.494 e. The molecule has 4 aromatic rings. The van der Waals surface area contributed by atoms with E-state index in [9.17, 15) is 23.1 Å². The van der Waals surface area contributed by atoms with Gasteiger partial charge in [0.1, 0.15) is 5.37 Å². The average molecular weight is 612 g/mol. The van der Waals surface area contributed by atoms with Crippen LogP contribution in [0, 0.1) is 0 Å². The van der Waals surface area contributed by atoms with Crippen LogP contribution in [-0.2, 0) is 19.4 Å². The van der Waals surface area contributed by atoms with Crippen molar-refractivity contribution in [1.29, 1.82) is 0 Å². The Morgan fingerprint density at radius 3 is 2.29 bits per heavy atom. The number of sulfone groups is 1. The smallest absolute Gasteiger partial charge is 0.328 e. The predicted molar refractivity (Wildman–Crippen MR) is 159 cm³/mol. The van der Waals surface area contributed by atoms with E-state index in [0.29, 0.717) is 36.5 Å². The minimum atomic E-state index is -3.69. The van der Waals surface area contributed by atoms with Crippen molar-refractivity contribution in [1.82, 2.24) is 24.8 Å². The molecule has 5 rings (SSSR count). The van der Waals surface area contributed by atoms with Crippen molar-refractivity contribution < 1.29 is 33.3 Å². The molecule has 12 nitrogen and oxygen atoms in total. The van der Waals surface area contributed by atoms with Crippen LogP contribution in [0.2, 0.25) is 0 Å². The van der Waals surface area contributed by atoms with Crippen LogP contribution in [0.15, 0.2) is 77.1 Å². The third-order valence-corrected chi connectivity index (χ3v) is 9.23. The van der Waals surface area contributed by atoms with Gasteiger partial charge in [-0.15, -0.1) is 17.9 Å².